The summed E-state index contributed by atoms with van der Waals surface area (Å²) < 4.78 is 32.7. The van der Waals surface area contributed by atoms with Gasteiger partial charge in [-0.25, -0.2) is 8.42 Å². The molecule has 1 N–H and O–H groups in total. The molecule has 0 atom stereocenters. The number of allylic oxidation sites excluding steroid dienone is 5. The van der Waals surface area contributed by atoms with Gasteiger partial charge in [-0.05, 0) is 80.4 Å². The number of hydrogen-bond donors (Lipinski definition) is 1. The highest BCUT2D eigenvalue weighted by molar-refractivity contribution is 7.94. The van der Waals surface area contributed by atoms with Crippen molar-refractivity contribution < 1.29 is 13.2 Å². The Morgan fingerprint density at radius 1 is 0.892 bits per heavy atom. The van der Waals surface area contributed by atoms with Crippen LogP contribution >= 0.6 is 0 Å². The number of piperidine rings is 1. The first-order chi connectivity index (χ1) is 18.0. The Balaban J connectivity index is 0.00000156. The first-order valence-corrected chi connectivity index (χ1v) is 14.9. The van der Waals surface area contributed by atoms with Gasteiger partial charge >= 0.3 is 0 Å². The lowest BCUT2D eigenvalue weighted by atomic mass is 10.0. The summed E-state index contributed by atoms with van der Waals surface area (Å²) >= 11 is 0. The van der Waals surface area contributed by atoms with Crippen molar-refractivity contribution in [2.45, 2.75) is 39.2 Å². The lowest BCUT2D eigenvalue weighted by Gasteiger charge is -2.29. The standard InChI is InChI=1S/C29H30N2O3S.C2H6/c1-35(32,33)27-12-6-7-22(13-14-27)28-15-16-29(31(28)24-17-19-30-20-18-24)23-8-5-11-26(21-23)34-25-9-3-2-4-10-25;1-2/h2-12,14-16,21,24,30H,13,17-20H2,1H3;1-2H3. The van der Waals surface area contributed by atoms with E-state index in [2.05, 4.69) is 34.1 Å². The Morgan fingerprint density at radius 3 is 2.32 bits per heavy atom. The van der Waals surface area contributed by atoms with Crippen molar-refractivity contribution in [2.24, 2.45) is 0 Å². The number of sulfone groups is 1. The van der Waals surface area contributed by atoms with Gasteiger partial charge in [0.2, 0.25) is 0 Å². The van der Waals surface area contributed by atoms with Crippen molar-refractivity contribution in [3.63, 3.8) is 0 Å². The topological polar surface area (TPSA) is 60.3 Å². The summed E-state index contributed by atoms with van der Waals surface area (Å²) in [5.41, 5.74) is 4.49. The molecule has 2 heterocycles. The third-order valence-electron chi connectivity index (χ3n) is 6.54. The maximum Gasteiger partial charge on any atom is 0.175 e. The van der Waals surface area contributed by atoms with E-state index in [1.807, 2.05) is 74.5 Å². The molecule has 0 spiro atoms. The number of benzene rings is 2. The molecule has 2 aromatic carbocycles. The molecule has 1 fully saturated rings. The smallest absolute Gasteiger partial charge is 0.175 e. The van der Waals surface area contributed by atoms with Crippen molar-refractivity contribution >= 4 is 15.4 Å². The molecule has 1 aromatic heterocycles. The first kappa shape index (κ1) is 26.7. The fraction of sp³-hybridized carbons (Fsp3) is 0.290. The predicted octanol–water partition coefficient (Wildman–Crippen LogP) is 7.17. The van der Waals surface area contributed by atoms with E-state index in [9.17, 15) is 8.42 Å². The molecule has 3 aromatic rings. The molecule has 1 aliphatic heterocycles. The maximum absolute atomic E-state index is 12.1. The van der Waals surface area contributed by atoms with E-state index in [1.54, 1.807) is 6.08 Å². The highest BCUT2D eigenvalue weighted by atomic mass is 32.2. The van der Waals surface area contributed by atoms with Crippen molar-refractivity contribution in [2.75, 3.05) is 19.3 Å². The molecule has 1 saturated heterocycles. The number of para-hydroxylation sites is 1. The largest absolute Gasteiger partial charge is 0.457 e. The van der Waals surface area contributed by atoms with Crippen molar-refractivity contribution in [1.82, 2.24) is 9.88 Å². The average Bonchev–Trinajstić information content (AvgIpc) is 3.20. The third-order valence-corrected chi connectivity index (χ3v) is 7.70. The van der Waals surface area contributed by atoms with Gasteiger partial charge in [0.05, 0.1) is 4.91 Å². The second-order valence-corrected chi connectivity index (χ2v) is 11.0. The molecule has 0 radical (unpaired) electrons. The van der Waals surface area contributed by atoms with Gasteiger partial charge in [-0.3, -0.25) is 0 Å². The van der Waals surface area contributed by atoms with Crippen molar-refractivity contribution in [3.05, 3.63) is 102 Å². The second-order valence-electron chi connectivity index (χ2n) is 9.03. The zero-order valence-electron chi connectivity index (χ0n) is 21.9. The fourth-order valence-electron chi connectivity index (χ4n) is 4.82. The van der Waals surface area contributed by atoms with Gasteiger partial charge in [-0.2, -0.15) is 0 Å². The van der Waals surface area contributed by atoms with E-state index in [0.29, 0.717) is 17.4 Å². The van der Waals surface area contributed by atoms with Crippen LogP contribution in [0.25, 0.3) is 16.8 Å². The number of rotatable bonds is 6. The number of nitrogens with zero attached hydrogens (tertiary/aromatic N) is 1. The normalized spacial score (nSPS) is 16.2. The van der Waals surface area contributed by atoms with E-state index in [1.165, 1.54) is 6.26 Å². The third kappa shape index (κ3) is 6.51. The Labute approximate surface area is 221 Å². The molecular formula is C31H36N2O3S. The van der Waals surface area contributed by atoms with Crippen LogP contribution in [0.1, 0.15) is 44.8 Å². The molecular weight excluding hydrogens is 480 g/mol. The molecule has 0 saturated carbocycles. The van der Waals surface area contributed by atoms with E-state index >= 15 is 0 Å². The summed E-state index contributed by atoms with van der Waals surface area (Å²) in [5.74, 6) is 1.61. The Kier molecular flexibility index (Phi) is 8.85. The van der Waals surface area contributed by atoms with Gasteiger partial charge < -0.3 is 14.6 Å². The van der Waals surface area contributed by atoms with Gasteiger partial charge in [0.25, 0.3) is 0 Å². The SMILES string of the molecule is CC.CS(=O)(=O)C1=CCC(c2ccc(-c3cccc(Oc4ccccc4)c3)n2C2CCNCC2)=CC=C1. The van der Waals surface area contributed by atoms with Gasteiger partial charge in [-0.15, -0.1) is 0 Å². The quantitative estimate of drug-likeness (QED) is 0.377. The highest BCUT2D eigenvalue weighted by Crippen LogP contribution is 2.37. The molecule has 2 aliphatic rings. The molecule has 37 heavy (non-hydrogen) atoms. The minimum atomic E-state index is -3.24. The zero-order chi connectivity index (χ0) is 26.3. The summed E-state index contributed by atoms with van der Waals surface area (Å²) in [6, 6.07) is 22.7. The monoisotopic (exact) mass is 516 g/mol. The van der Waals surface area contributed by atoms with Crippen LogP contribution in [0, 0.1) is 0 Å². The lowest BCUT2D eigenvalue weighted by molar-refractivity contribution is 0.369. The van der Waals surface area contributed by atoms with Crippen LogP contribution in [-0.2, 0) is 9.84 Å². The van der Waals surface area contributed by atoms with Crippen LogP contribution in [0.4, 0.5) is 0 Å². The number of hydrogen-bond acceptors (Lipinski definition) is 4. The Hall–Kier alpha value is -3.35. The van der Waals surface area contributed by atoms with Crippen LogP contribution in [0.5, 0.6) is 11.5 Å². The van der Waals surface area contributed by atoms with Crippen LogP contribution in [0.2, 0.25) is 0 Å². The molecule has 1 aliphatic carbocycles. The van der Waals surface area contributed by atoms with Crippen LogP contribution < -0.4 is 10.1 Å². The summed E-state index contributed by atoms with van der Waals surface area (Å²) in [6.07, 6.45) is 11.3. The fourth-order valence-corrected chi connectivity index (χ4v) is 5.53. The van der Waals surface area contributed by atoms with Gasteiger partial charge in [0.15, 0.2) is 9.84 Å². The first-order valence-electron chi connectivity index (χ1n) is 13.0. The summed E-state index contributed by atoms with van der Waals surface area (Å²) in [7, 11) is -3.24. The zero-order valence-corrected chi connectivity index (χ0v) is 22.7. The van der Waals surface area contributed by atoms with Crippen molar-refractivity contribution in [3.8, 4) is 22.8 Å². The van der Waals surface area contributed by atoms with E-state index in [-0.39, 0.29) is 0 Å². The molecule has 6 heteroatoms. The number of nitrogens with one attached hydrogen (secondary N) is 1. The highest BCUT2D eigenvalue weighted by Gasteiger charge is 2.23. The molecule has 5 nitrogen and oxygen atoms in total. The molecule has 5 rings (SSSR count). The Bertz CT molecular complexity index is 1390. The molecule has 0 amide bonds. The molecule has 194 valence electrons. The van der Waals surface area contributed by atoms with Gasteiger partial charge in [0.1, 0.15) is 11.5 Å². The van der Waals surface area contributed by atoms with E-state index < -0.39 is 9.84 Å². The van der Waals surface area contributed by atoms with E-state index in [4.69, 9.17) is 4.74 Å². The predicted molar refractivity (Wildman–Crippen MR) is 154 cm³/mol. The minimum absolute atomic E-state index is 0.362. The minimum Gasteiger partial charge on any atom is -0.457 e. The average molecular weight is 517 g/mol. The van der Waals surface area contributed by atoms with Gasteiger partial charge in [-0.1, -0.05) is 62.4 Å². The number of aromatic nitrogens is 1. The summed E-state index contributed by atoms with van der Waals surface area (Å²) in [6.45, 7) is 5.96. The van der Waals surface area contributed by atoms with Crippen LogP contribution in [0.15, 0.2) is 95.9 Å². The lowest BCUT2D eigenvalue weighted by Crippen LogP contribution is -2.30. The maximum atomic E-state index is 12.1. The molecule has 0 bridgehead atoms. The van der Waals surface area contributed by atoms with E-state index in [0.717, 1.165) is 60.0 Å². The summed E-state index contributed by atoms with van der Waals surface area (Å²) in [5, 5.41) is 3.47. The number of ether oxygens (including phenoxy) is 1. The second kappa shape index (κ2) is 12.3. The summed E-state index contributed by atoms with van der Waals surface area (Å²) in [4.78, 5) is 0.370. The van der Waals surface area contributed by atoms with Crippen molar-refractivity contribution in [1.29, 1.82) is 0 Å². The van der Waals surface area contributed by atoms with Crippen LogP contribution in [-0.4, -0.2) is 32.3 Å². The van der Waals surface area contributed by atoms with Crippen LogP contribution in [0.3, 0.4) is 0 Å². The Morgan fingerprint density at radius 2 is 1.59 bits per heavy atom. The molecule has 0 unspecified atom stereocenters. The van der Waals surface area contributed by atoms with Gasteiger partial charge in [0, 0.05) is 29.2 Å².